The summed E-state index contributed by atoms with van der Waals surface area (Å²) in [5, 5.41) is 16.7. The molecule has 17 aromatic rings. The van der Waals surface area contributed by atoms with Crippen LogP contribution in [0.3, 0.4) is 0 Å². The van der Waals surface area contributed by atoms with Crippen LogP contribution in [-0.2, 0) is 0 Å². The Morgan fingerprint density at radius 3 is 0.987 bits per heavy atom. The molecule has 0 bridgehead atoms. The normalized spacial score (nSPS) is 12.1. The van der Waals surface area contributed by atoms with Crippen LogP contribution >= 0.6 is 0 Å². The van der Waals surface area contributed by atoms with Gasteiger partial charge in [-0.2, -0.15) is 0 Å². The first-order valence-corrected chi connectivity index (χ1v) is 27.2. The van der Waals surface area contributed by atoms with Crippen molar-refractivity contribution in [1.82, 2.24) is 9.13 Å². The molecule has 79 heavy (non-hydrogen) atoms. The van der Waals surface area contributed by atoms with Crippen LogP contribution in [0.1, 0.15) is 0 Å². The number of hydrogen-bond donors (Lipinski definition) is 0. The number of hydrogen-bond acceptors (Lipinski definition) is 1. The Labute approximate surface area is 454 Å². The Morgan fingerprint density at radius 2 is 0.532 bits per heavy atom. The summed E-state index contributed by atoms with van der Waals surface area (Å²) in [5.74, 6) is 0. The summed E-state index contributed by atoms with van der Waals surface area (Å²) in [4.78, 5) is 0. The first-order chi connectivity index (χ1) is 39.2. The third kappa shape index (κ3) is 6.48. The standard InChI is InChI=1S/C76H46N2O/c1-3-19-47(20-4-1)49-36-40-69-64(43-49)53-23-15-17-33-67(53)77(69)75-60-29-11-7-25-56(60)73(57-26-8-12-30-61(57)75)51-38-42-71-66(45-51)55-39-35-52(46-72(55)79-71)74-58-27-9-13-31-62(58)76(63-32-14-10-28-59(63)74)78-68-34-18-16-24-54(68)65-44-50(37-41-70(65)78)48-21-5-2-6-22-48/h1-46H. The van der Waals surface area contributed by atoms with Gasteiger partial charge in [0, 0.05) is 53.9 Å². The monoisotopic (exact) mass is 1000 g/mol. The van der Waals surface area contributed by atoms with E-state index < -0.39 is 0 Å². The fourth-order valence-electron chi connectivity index (χ4n) is 13.5. The van der Waals surface area contributed by atoms with E-state index in [0.29, 0.717) is 0 Å². The minimum absolute atomic E-state index is 0.866. The lowest BCUT2D eigenvalue weighted by Crippen LogP contribution is -1.99. The number of benzene rings is 14. The number of nitrogens with zero attached hydrogens (tertiary/aromatic N) is 2. The average molecular weight is 1000 g/mol. The zero-order chi connectivity index (χ0) is 51.7. The average Bonchev–Trinajstić information content (AvgIpc) is 4.29. The summed E-state index contributed by atoms with van der Waals surface area (Å²) < 4.78 is 11.9. The minimum atomic E-state index is 0.866. The Balaban J connectivity index is 0.833. The molecular formula is C76H46N2O. The molecule has 3 heteroatoms. The van der Waals surface area contributed by atoms with Crippen molar-refractivity contribution in [1.29, 1.82) is 0 Å². The maximum absolute atomic E-state index is 6.90. The van der Waals surface area contributed by atoms with E-state index in [-0.39, 0.29) is 0 Å². The summed E-state index contributed by atoms with van der Waals surface area (Å²) in [6.07, 6.45) is 0. The molecule has 14 aromatic carbocycles. The van der Waals surface area contributed by atoms with Gasteiger partial charge in [0.05, 0.1) is 33.4 Å². The smallest absolute Gasteiger partial charge is 0.136 e. The summed E-state index contributed by atoms with van der Waals surface area (Å²) in [6.45, 7) is 0. The minimum Gasteiger partial charge on any atom is -0.456 e. The van der Waals surface area contributed by atoms with Crippen molar-refractivity contribution in [3.63, 3.8) is 0 Å². The van der Waals surface area contributed by atoms with Crippen LogP contribution in [0.25, 0.3) is 165 Å². The number of rotatable bonds is 6. The van der Waals surface area contributed by atoms with Gasteiger partial charge in [0.2, 0.25) is 0 Å². The fraction of sp³-hybridized carbons (Fsp3) is 0. The highest BCUT2D eigenvalue weighted by Gasteiger charge is 2.24. The largest absolute Gasteiger partial charge is 0.456 e. The van der Waals surface area contributed by atoms with Gasteiger partial charge in [0.25, 0.3) is 0 Å². The number of para-hydroxylation sites is 2. The van der Waals surface area contributed by atoms with Crippen LogP contribution < -0.4 is 0 Å². The highest BCUT2D eigenvalue weighted by molar-refractivity contribution is 6.24. The van der Waals surface area contributed by atoms with E-state index in [0.717, 1.165) is 33.1 Å². The van der Waals surface area contributed by atoms with Crippen LogP contribution in [0.15, 0.2) is 283 Å². The van der Waals surface area contributed by atoms with Gasteiger partial charge in [-0.05, 0) is 127 Å². The first kappa shape index (κ1) is 43.7. The molecule has 0 fully saturated rings. The zero-order valence-electron chi connectivity index (χ0n) is 42.9. The third-order valence-corrected chi connectivity index (χ3v) is 16.9. The van der Waals surface area contributed by atoms with E-state index in [4.69, 9.17) is 4.42 Å². The van der Waals surface area contributed by atoms with E-state index in [1.807, 2.05) is 0 Å². The molecule has 3 nitrogen and oxygen atoms in total. The van der Waals surface area contributed by atoms with Crippen LogP contribution in [0, 0.1) is 0 Å². The van der Waals surface area contributed by atoms with Crippen molar-refractivity contribution in [3.8, 4) is 55.9 Å². The van der Waals surface area contributed by atoms with Crippen LogP contribution in [0.2, 0.25) is 0 Å². The lowest BCUT2D eigenvalue weighted by atomic mass is 9.89. The summed E-state index contributed by atoms with van der Waals surface area (Å²) in [6, 6.07) is 102. The van der Waals surface area contributed by atoms with Gasteiger partial charge >= 0.3 is 0 Å². The van der Waals surface area contributed by atoms with Gasteiger partial charge in [0.15, 0.2) is 0 Å². The Kier molecular flexibility index (Phi) is 9.42. The SMILES string of the molecule is c1ccc(-c2ccc3c(c2)c2ccccc2n3-c2c3ccccc3c(-c3ccc4c(c3)oc3ccc(-c5c6ccccc6c(-n6c7ccccc7c7cc(-c8ccccc8)ccc76)c6ccccc56)cc34)c3ccccc23)cc1. The lowest BCUT2D eigenvalue weighted by Gasteiger charge is -2.19. The molecule has 0 atom stereocenters. The Hall–Kier alpha value is -10.5. The Morgan fingerprint density at radius 1 is 0.190 bits per heavy atom. The highest BCUT2D eigenvalue weighted by Crippen LogP contribution is 2.48. The van der Waals surface area contributed by atoms with E-state index in [1.54, 1.807) is 0 Å². The maximum Gasteiger partial charge on any atom is 0.136 e. The maximum atomic E-state index is 6.90. The van der Waals surface area contributed by atoms with Crippen molar-refractivity contribution in [2.75, 3.05) is 0 Å². The zero-order valence-corrected chi connectivity index (χ0v) is 42.9. The second kappa shape index (κ2) is 17.0. The lowest BCUT2D eigenvalue weighted by molar-refractivity contribution is 0.669. The molecule has 3 heterocycles. The van der Waals surface area contributed by atoms with E-state index in [2.05, 4.69) is 288 Å². The predicted molar refractivity (Wildman–Crippen MR) is 334 cm³/mol. The van der Waals surface area contributed by atoms with Crippen molar-refractivity contribution in [2.24, 2.45) is 0 Å². The molecule has 0 spiro atoms. The van der Waals surface area contributed by atoms with Gasteiger partial charge in [-0.25, -0.2) is 0 Å². The molecule has 366 valence electrons. The molecule has 0 radical (unpaired) electrons. The molecule has 0 saturated carbocycles. The van der Waals surface area contributed by atoms with E-state index >= 15 is 0 Å². The van der Waals surface area contributed by atoms with Gasteiger partial charge in [-0.1, -0.05) is 218 Å². The first-order valence-electron chi connectivity index (χ1n) is 27.2. The second-order valence-electron chi connectivity index (χ2n) is 21.1. The van der Waals surface area contributed by atoms with E-state index in [1.165, 1.54) is 131 Å². The summed E-state index contributed by atoms with van der Waals surface area (Å²) in [5.41, 5.74) is 18.4. The molecule has 0 aliphatic rings. The van der Waals surface area contributed by atoms with Gasteiger partial charge in [0.1, 0.15) is 11.2 Å². The van der Waals surface area contributed by atoms with Crippen LogP contribution in [-0.4, -0.2) is 9.13 Å². The van der Waals surface area contributed by atoms with Crippen molar-refractivity contribution >= 4 is 109 Å². The molecular weight excluding hydrogens is 957 g/mol. The quantitative estimate of drug-likeness (QED) is 0.152. The molecule has 0 unspecified atom stereocenters. The molecule has 3 aromatic heterocycles. The molecule has 0 saturated heterocycles. The number of fused-ring (bicyclic) bond motifs is 13. The fourth-order valence-corrected chi connectivity index (χ4v) is 13.5. The van der Waals surface area contributed by atoms with Gasteiger partial charge in [-0.15, -0.1) is 0 Å². The van der Waals surface area contributed by atoms with Crippen LogP contribution in [0.5, 0.6) is 0 Å². The van der Waals surface area contributed by atoms with Crippen molar-refractivity contribution in [3.05, 3.63) is 279 Å². The molecule has 0 amide bonds. The number of aromatic nitrogens is 2. The third-order valence-electron chi connectivity index (χ3n) is 16.9. The Bertz CT molecular complexity index is 5250. The van der Waals surface area contributed by atoms with Crippen LogP contribution in [0.4, 0.5) is 0 Å². The van der Waals surface area contributed by atoms with Crippen molar-refractivity contribution < 1.29 is 4.42 Å². The molecule has 0 aliphatic heterocycles. The summed E-state index contributed by atoms with van der Waals surface area (Å²) in [7, 11) is 0. The highest BCUT2D eigenvalue weighted by atomic mass is 16.3. The second-order valence-corrected chi connectivity index (χ2v) is 21.1. The van der Waals surface area contributed by atoms with Gasteiger partial charge < -0.3 is 13.6 Å². The molecule has 0 N–H and O–H groups in total. The topological polar surface area (TPSA) is 23.0 Å². The summed E-state index contributed by atoms with van der Waals surface area (Å²) >= 11 is 0. The van der Waals surface area contributed by atoms with Crippen molar-refractivity contribution in [2.45, 2.75) is 0 Å². The number of furan rings is 1. The predicted octanol–water partition coefficient (Wildman–Crippen LogP) is 21.1. The van der Waals surface area contributed by atoms with E-state index in [9.17, 15) is 0 Å². The molecule has 0 aliphatic carbocycles. The van der Waals surface area contributed by atoms with Gasteiger partial charge in [-0.3, -0.25) is 0 Å². The molecule has 17 rings (SSSR count).